The minimum Gasteiger partial charge on any atom is -0.522 e. The molecule has 7 nitrogen and oxygen atoms in total. The van der Waals surface area contributed by atoms with Crippen LogP contribution in [0.1, 0.15) is 36.5 Å². The zero-order chi connectivity index (χ0) is 26.1. The van der Waals surface area contributed by atoms with Gasteiger partial charge in [-0.15, -0.1) is 0 Å². The summed E-state index contributed by atoms with van der Waals surface area (Å²) >= 11 is 0. The number of benzene rings is 1. The average Bonchev–Trinajstić information content (AvgIpc) is 3.39. The predicted octanol–water partition coefficient (Wildman–Crippen LogP) is 6.39. The number of rotatable bonds is 7. The van der Waals surface area contributed by atoms with Crippen molar-refractivity contribution in [2.75, 3.05) is 25.5 Å². The molecule has 1 aromatic carbocycles. The van der Waals surface area contributed by atoms with E-state index in [0.717, 1.165) is 82.6 Å². The summed E-state index contributed by atoms with van der Waals surface area (Å²) in [6, 6.07) is 12.4. The summed E-state index contributed by atoms with van der Waals surface area (Å²) in [5, 5.41) is 19.3. The van der Waals surface area contributed by atoms with E-state index in [1.165, 1.54) is 5.57 Å². The summed E-state index contributed by atoms with van der Waals surface area (Å²) < 4.78 is 0. The molecule has 4 rings (SSSR count). The molecule has 0 aliphatic carbocycles. The normalized spacial score (nSPS) is 12.4. The monoisotopic (exact) mass is 582 g/mol. The van der Waals surface area contributed by atoms with Crippen LogP contribution in [0.15, 0.2) is 72.1 Å². The molecule has 3 N–H and O–H groups in total. The van der Waals surface area contributed by atoms with Gasteiger partial charge in [0.2, 0.25) is 0 Å². The van der Waals surface area contributed by atoms with E-state index in [1.54, 1.807) is 13.4 Å². The first kappa shape index (κ1) is 32.7. The Bertz CT molecular complexity index is 1340. The third-order valence-corrected chi connectivity index (χ3v) is 6.45. The molecule has 38 heavy (non-hydrogen) atoms. The van der Waals surface area contributed by atoms with Gasteiger partial charge in [0.05, 0.1) is 23.5 Å². The van der Waals surface area contributed by atoms with Crippen molar-refractivity contribution in [3.63, 3.8) is 0 Å². The number of aryl methyl sites for hydroxylation is 1. The number of aromatic amines is 1. The van der Waals surface area contributed by atoms with Gasteiger partial charge in [-0.2, -0.15) is 5.26 Å². The molecule has 3 aromatic rings. The number of hydrogen-bond donors (Lipinski definition) is 3. The van der Waals surface area contributed by atoms with E-state index in [0.29, 0.717) is 0 Å². The molecule has 1 aliphatic heterocycles. The van der Waals surface area contributed by atoms with E-state index in [4.69, 9.17) is 5.41 Å². The number of nitriles is 1. The number of H-pyrrole nitrogens is 1. The number of nitrogens with one attached hydrogen (secondary N) is 3. The third-order valence-electron chi connectivity index (χ3n) is 6.45. The fourth-order valence-electron chi connectivity index (χ4n) is 4.55. The largest absolute Gasteiger partial charge is 0.522 e. The average molecular weight is 583 g/mol. The van der Waals surface area contributed by atoms with Crippen molar-refractivity contribution >= 4 is 40.9 Å². The Labute approximate surface area is 251 Å². The van der Waals surface area contributed by atoms with Crippen LogP contribution in [0.2, 0.25) is 0 Å². The summed E-state index contributed by atoms with van der Waals surface area (Å²) in [6.45, 7) is 16.3. The number of allylic oxidation sites excluding steroid dienone is 2. The van der Waals surface area contributed by atoms with Gasteiger partial charge in [-0.25, -0.2) is 4.98 Å². The van der Waals surface area contributed by atoms with Crippen LogP contribution in [0.5, 0.6) is 0 Å². The van der Waals surface area contributed by atoms with Gasteiger partial charge in [0, 0.05) is 81.9 Å². The van der Waals surface area contributed by atoms with Gasteiger partial charge < -0.3 is 34.8 Å². The molecular formula is C30H35N7Y-2. The quantitative estimate of drug-likeness (QED) is 0.0988. The topological polar surface area (TPSA) is 104 Å². The number of aromatic nitrogens is 2. The molecule has 1 aliphatic rings. The molecule has 0 unspecified atom stereocenters. The summed E-state index contributed by atoms with van der Waals surface area (Å²) in [4.78, 5) is 14.2. The van der Waals surface area contributed by atoms with Crippen LogP contribution in [0.25, 0.3) is 22.0 Å². The first-order valence-electron chi connectivity index (χ1n) is 11.8. The Morgan fingerprint density at radius 1 is 1.26 bits per heavy atom. The summed E-state index contributed by atoms with van der Waals surface area (Å²) in [7, 11) is 1.72. The van der Waals surface area contributed by atoms with E-state index >= 15 is 0 Å². The first-order valence-corrected chi connectivity index (χ1v) is 11.8. The van der Waals surface area contributed by atoms with Gasteiger partial charge in [0.1, 0.15) is 0 Å². The van der Waals surface area contributed by atoms with Crippen LogP contribution < -0.4 is 5.32 Å². The standard InChI is InChI=1S/C28H30N6.CH2N.CH3.Y/c1-5-21-16-32-28(33-18-30-4)27-26(21)25(17-31-27)19(2)20(3)34-13-11-23(12-14-34)24(15-29)22-9-7-6-8-10-22;1-2;;/h6-10,16-18,31H,2-3,5,11-14H2,1,4H3,(H,30,32,33);1-2H;1H3;/q;2*-1;. The molecule has 8 heteroatoms. The summed E-state index contributed by atoms with van der Waals surface area (Å²) in [6.07, 6.45) is 8.08. The maximum absolute atomic E-state index is 9.77. The smallest absolute Gasteiger partial charge is 0.155 e. The molecule has 1 fully saturated rings. The number of piperidine rings is 1. The maximum atomic E-state index is 9.77. The van der Waals surface area contributed by atoms with Crippen LogP contribution >= 0.6 is 0 Å². The number of fused-ring (bicyclic) bond motifs is 1. The van der Waals surface area contributed by atoms with Gasteiger partial charge >= 0.3 is 0 Å². The van der Waals surface area contributed by atoms with Crippen LogP contribution in [0.3, 0.4) is 0 Å². The SMILES string of the molecule is C=C(C(=C)N1CCC(=C(C#N)c2ccccc2)CC1)c1c[nH]c2c(NC=NC)ncc(CC)c12.[CH-]=N.[CH3-].[Y]. The fourth-order valence-corrected chi connectivity index (χ4v) is 4.55. The van der Waals surface area contributed by atoms with E-state index in [-0.39, 0.29) is 40.1 Å². The number of aliphatic imine (C=N–C) groups is 1. The Morgan fingerprint density at radius 2 is 1.92 bits per heavy atom. The molecule has 0 atom stereocenters. The van der Waals surface area contributed by atoms with Gasteiger partial charge in [-0.3, -0.25) is 4.99 Å². The van der Waals surface area contributed by atoms with Gasteiger partial charge in [-0.05, 0) is 41.5 Å². The van der Waals surface area contributed by atoms with Crippen molar-refractivity contribution in [2.24, 2.45) is 4.99 Å². The minimum absolute atomic E-state index is 0. The van der Waals surface area contributed by atoms with E-state index in [1.807, 2.05) is 42.7 Å². The van der Waals surface area contributed by atoms with E-state index in [9.17, 15) is 5.26 Å². The maximum Gasteiger partial charge on any atom is 0.155 e. The van der Waals surface area contributed by atoms with Crippen LogP contribution in [0.4, 0.5) is 5.82 Å². The number of pyridine rings is 1. The zero-order valence-electron chi connectivity index (χ0n) is 22.5. The van der Waals surface area contributed by atoms with Crippen LogP contribution in [-0.4, -0.2) is 48.1 Å². The molecule has 3 heterocycles. The van der Waals surface area contributed by atoms with Gasteiger partial charge in [0.25, 0.3) is 0 Å². The number of anilines is 1. The van der Waals surface area contributed by atoms with E-state index < -0.39 is 0 Å². The molecule has 195 valence electrons. The van der Waals surface area contributed by atoms with Crippen LogP contribution in [-0.2, 0) is 39.1 Å². The Morgan fingerprint density at radius 3 is 2.50 bits per heavy atom. The second-order valence-corrected chi connectivity index (χ2v) is 8.34. The second kappa shape index (κ2) is 15.8. The number of likely N-dealkylation sites (tertiary alicyclic amines) is 1. The summed E-state index contributed by atoms with van der Waals surface area (Å²) in [5.74, 6) is 0.736. The molecule has 1 saturated heterocycles. The van der Waals surface area contributed by atoms with Crippen molar-refractivity contribution in [3.8, 4) is 6.07 Å². The molecular weight excluding hydrogens is 547 g/mol. The predicted molar refractivity (Wildman–Crippen MR) is 157 cm³/mol. The van der Waals surface area contributed by atoms with Crippen molar-refractivity contribution in [1.29, 1.82) is 10.7 Å². The molecule has 0 amide bonds. The summed E-state index contributed by atoms with van der Waals surface area (Å²) in [5.41, 5.74) is 7.96. The molecule has 0 spiro atoms. The van der Waals surface area contributed by atoms with Crippen molar-refractivity contribution in [2.45, 2.75) is 26.2 Å². The molecule has 0 bridgehead atoms. The Kier molecular flexibility index (Phi) is 13.6. The first-order chi connectivity index (χ1) is 17.6. The second-order valence-electron chi connectivity index (χ2n) is 8.34. The van der Waals surface area contributed by atoms with Gasteiger partial charge in [-0.1, -0.05) is 50.4 Å². The third kappa shape index (κ3) is 6.95. The number of nitrogens with zero attached hydrogens (tertiary/aromatic N) is 4. The minimum atomic E-state index is 0. The fraction of sp³-hybridized carbons (Fsp3) is 0.233. The van der Waals surface area contributed by atoms with E-state index in [2.05, 4.69) is 58.0 Å². The molecule has 0 saturated carbocycles. The Balaban J connectivity index is 0.00000176. The Hall–Kier alpha value is -3.34. The zero-order valence-corrected chi connectivity index (χ0v) is 25.4. The van der Waals surface area contributed by atoms with Crippen molar-refractivity contribution in [1.82, 2.24) is 14.9 Å². The van der Waals surface area contributed by atoms with Crippen molar-refractivity contribution < 1.29 is 32.7 Å². The van der Waals surface area contributed by atoms with Gasteiger partial charge in [0.15, 0.2) is 5.82 Å². The molecule has 2 aromatic heterocycles. The number of hydrogen-bond acceptors (Lipinski definition) is 5. The van der Waals surface area contributed by atoms with Crippen LogP contribution in [0, 0.1) is 24.2 Å². The molecule has 1 radical (unpaired) electrons. The van der Waals surface area contributed by atoms with Crippen molar-refractivity contribution in [3.05, 3.63) is 91.3 Å².